The summed E-state index contributed by atoms with van der Waals surface area (Å²) in [6.07, 6.45) is 1.79. The second-order valence-electron chi connectivity index (χ2n) is 3.81. The zero-order valence-electron chi connectivity index (χ0n) is 8.92. The van der Waals surface area contributed by atoms with Gasteiger partial charge in [0, 0.05) is 12.7 Å². The second kappa shape index (κ2) is 5.20. The first kappa shape index (κ1) is 11.3. The number of alkyl halides is 1. The van der Waals surface area contributed by atoms with Gasteiger partial charge in [0.05, 0.1) is 5.38 Å². The third-order valence-corrected chi connectivity index (χ3v) is 2.86. The predicted octanol–water partition coefficient (Wildman–Crippen LogP) is 3.07. The molecule has 0 fully saturated rings. The number of nitrogens with one attached hydrogen (secondary N) is 1. The van der Waals surface area contributed by atoms with Crippen molar-refractivity contribution in [2.45, 2.75) is 26.1 Å². The molecule has 0 amide bonds. The summed E-state index contributed by atoms with van der Waals surface area (Å²) in [5, 5.41) is 3.40. The molecule has 0 aromatic carbocycles. The number of hydrogen-bond acceptors (Lipinski definition) is 2. The van der Waals surface area contributed by atoms with E-state index in [1.54, 1.807) is 6.20 Å². The summed E-state index contributed by atoms with van der Waals surface area (Å²) >= 11 is 6.13. The average Bonchev–Trinajstić information content (AvgIpc) is 2.16. The summed E-state index contributed by atoms with van der Waals surface area (Å²) < 4.78 is 0. The number of hydrogen-bond donors (Lipinski definition) is 1. The highest BCUT2D eigenvalue weighted by molar-refractivity contribution is 6.21. The standard InChI is InChI=1S/C11H17ClN2/c1-8(2)10(12)7-14-11-9(3)5-4-6-13-11/h4-6,8,10H,7H2,1-3H3,(H,13,14). The van der Waals surface area contributed by atoms with Crippen LogP contribution < -0.4 is 5.32 Å². The molecule has 0 saturated carbocycles. The van der Waals surface area contributed by atoms with Crippen LogP contribution in [0.2, 0.25) is 0 Å². The molecule has 14 heavy (non-hydrogen) atoms. The summed E-state index contributed by atoms with van der Waals surface area (Å²) in [4.78, 5) is 4.24. The normalized spacial score (nSPS) is 12.9. The van der Waals surface area contributed by atoms with Crippen LogP contribution in [0.3, 0.4) is 0 Å². The van der Waals surface area contributed by atoms with E-state index in [0.29, 0.717) is 5.92 Å². The molecule has 1 unspecified atom stereocenters. The van der Waals surface area contributed by atoms with Gasteiger partial charge in [-0.1, -0.05) is 19.9 Å². The lowest BCUT2D eigenvalue weighted by Crippen LogP contribution is -2.20. The quantitative estimate of drug-likeness (QED) is 0.776. The Morgan fingerprint density at radius 2 is 2.21 bits per heavy atom. The minimum absolute atomic E-state index is 0.149. The Balaban J connectivity index is 2.50. The number of anilines is 1. The highest BCUT2D eigenvalue weighted by Crippen LogP contribution is 2.13. The highest BCUT2D eigenvalue weighted by Gasteiger charge is 2.09. The van der Waals surface area contributed by atoms with E-state index in [1.165, 1.54) is 0 Å². The highest BCUT2D eigenvalue weighted by atomic mass is 35.5. The molecule has 0 aliphatic heterocycles. The van der Waals surface area contributed by atoms with Crippen LogP contribution >= 0.6 is 11.6 Å². The van der Waals surface area contributed by atoms with Crippen molar-refractivity contribution in [3.05, 3.63) is 23.9 Å². The first-order valence-corrected chi connectivity index (χ1v) is 5.34. The molecule has 1 heterocycles. The van der Waals surface area contributed by atoms with Crippen LogP contribution in [0, 0.1) is 12.8 Å². The Hall–Kier alpha value is -0.760. The van der Waals surface area contributed by atoms with Gasteiger partial charge in [-0.05, 0) is 24.5 Å². The van der Waals surface area contributed by atoms with Crippen molar-refractivity contribution in [3.63, 3.8) is 0 Å². The average molecular weight is 213 g/mol. The van der Waals surface area contributed by atoms with Gasteiger partial charge in [-0.15, -0.1) is 11.6 Å². The minimum atomic E-state index is 0.149. The Morgan fingerprint density at radius 3 is 2.79 bits per heavy atom. The minimum Gasteiger partial charge on any atom is -0.368 e. The molecule has 1 rings (SSSR count). The fourth-order valence-corrected chi connectivity index (χ4v) is 1.18. The maximum absolute atomic E-state index is 6.13. The van der Waals surface area contributed by atoms with E-state index >= 15 is 0 Å². The van der Waals surface area contributed by atoms with Crippen molar-refractivity contribution in [2.24, 2.45) is 5.92 Å². The molecule has 0 aliphatic carbocycles. The van der Waals surface area contributed by atoms with E-state index in [0.717, 1.165) is 17.9 Å². The van der Waals surface area contributed by atoms with Crippen LogP contribution in [0.1, 0.15) is 19.4 Å². The van der Waals surface area contributed by atoms with Crippen LogP contribution in [0.4, 0.5) is 5.82 Å². The monoisotopic (exact) mass is 212 g/mol. The van der Waals surface area contributed by atoms with Crippen molar-refractivity contribution in [1.82, 2.24) is 4.98 Å². The molecule has 0 aliphatic rings. The summed E-state index contributed by atoms with van der Waals surface area (Å²) in [7, 11) is 0. The third kappa shape index (κ3) is 3.18. The topological polar surface area (TPSA) is 24.9 Å². The predicted molar refractivity (Wildman–Crippen MR) is 61.9 cm³/mol. The summed E-state index contributed by atoms with van der Waals surface area (Å²) in [6, 6.07) is 3.97. The Kier molecular flexibility index (Phi) is 4.21. The summed E-state index contributed by atoms with van der Waals surface area (Å²) in [5.41, 5.74) is 1.15. The van der Waals surface area contributed by atoms with Crippen molar-refractivity contribution >= 4 is 17.4 Å². The van der Waals surface area contributed by atoms with E-state index in [4.69, 9.17) is 11.6 Å². The maximum Gasteiger partial charge on any atom is 0.128 e. The molecule has 1 atom stereocenters. The van der Waals surface area contributed by atoms with Gasteiger partial charge in [0.1, 0.15) is 5.82 Å². The Bertz CT molecular complexity index is 286. The molecule has 0 spiro atoms. The second-order valence-corrected chi connectivity index (χ2v) is 4.37. The molecule has 1 aromatic heterocycles. The zero-order chi connectivity index (χ0) is 10.6. The van der Waals surface area contributed by atoms with Gasteiger partial charge < -0.3 is 5.32 Å². The maximum atomic E-state index is 6.13. The van der Waals surface area contributed by atoms with Gasteiger partial charge >= 0.3 is 0 Å². The van der Waals surface area contributed by atoms with Crippen molar-refractivity contribution in [1.29, 1.82) is 0 Å². The Labute approximate surface area is 90.7 Å². The summed E-state index contributed by atoms with van der Waals surface area (Å²) in [5.74, 6) is 1.41. The van der Waals surface area contributed by atoms with Gasteiger partial charge in [-0.3, -0.25) is 0 Å². The van der Waals surface area contributed by atoms with Gasteiger partial charge in [-0.2, -0.15) is 0 Å². The lowest BCUT2D eigenvalue weighted by molar-refractivity contribution is 0.615. The van der Waals surface area contributed by atoms with E-state index in [2.05, 4.69) is 24.1 Å². The number of rotatable bonds is 4. The molecule has 1 aromatic rings. The van der Waals surface area contributed by atoms with Crippen LogP contribution in [0.25, 0.3) is 0 Å². The van der Waals surface area contributed by atoms with E-state index in [9.17, 15) is 0 Å². The van der Waals surface area contributed by atoms with Crippen molar-refractivity contribution in [3.8, 4) is 0 Å². The number of nitrogens with zero attached hydrogens (tertiary/aromatic N) is 1. The third-order valence-electron chi connectivity index (χ3n) is 2.20. The molecule has 0 saturated heterocycles. The molecule has 0 radical (unpaired) electrons. The molecular formula is C11H17ClN2. The smallest absolute Gasteiger partial charge is 0.128 e. The van der Waals surface area contributed by atoms with Gasteiger partial charge in [0.15, 0.2) is 0 Å². The van der Waals surface area contributed by atoms with Crippen LogP contribution in [0.5, 0.6) is 0 Å². The number of aromatic nitrogens is 1. The van der Waals surface area contributed by atoms with E-state index < -0.39 is 0 Å². The van der Waals surface area contributed by atoms with Crippen LogP contribution in [0.15, 0.2) is 18.3 Å². The molecule has 0 bridgehead atoms. The number of aryl methyl sites for hydroxylation is 1. The number of halogens is 1. The molecular weight excluding hydrogens is 196 g/mol. The molecule has 1 N–H and O–H groups in total. The number of pyridine rings is 1. The molecule has 2 nitrogen and oxygen atoms in total. The fourth-order valence-electron chi connectivity index (χ4n) is 1.10. The SMILES string of the molecule is Cc1cccnc1NCC(Cl)C(C)C. The first-order chi connectivity index (χ1) is 6.61. The zero-order valence-corrected chi connectivity index (χ0v) is 9.67. The van der Waals surface area contributed by atoms with E-state index in [-0.39, 0.29) is 5.38 Å². The van der Waals surface area contributed by atoms with Gasteiger partial charge in [-0.25, -0.2) is 4.98 Å². The largest absolute Gasteiger partial charge is 0.368 e. The van der Waals surface area contributed by atoms with Gasteiger partial charge in [0.2, 0.25) is 0 Å². The van der Waals surface area contributed by atoms with Crippen LogP contribution in [-0.4, -0.2) is 16.9 Å². The van der Waals surface area contributed by atoms with Crippen molar-refractivity contribution < 1.29 is 0 Å². The first-order valence-electron chi connectivity index (χ1n) is 4.91. The Morgan fingerprint density at radius 1 is 1.50 bits per heavy atom. The molecule has 78 valence electrons. The fraction of sp³-hybridized carbons (Fsp3) is 0.545. The molecule has 3 heteroatoms. The van der Waals surface area contributed by atoms with Gasteiger partial charge in [0.25, 0.3) is 0 Å². The lowest BCUT2D eigenvalue weighted by Gasteiger charge is -2.15. The van der Waals surface area contributed by atoms with Crippen molar-refractivity contribution in [2.75, 3.05) is 11.9 Å². The lowest BCUT2D eigenvalue weighted by atomic mass is 10.1. The van der Waals surface area contributed by atoms with Crippen LogP contribution in [-0.2, 0) is 0 Å². The van der Waals surface area contributed by atoms with E-state index in [1.807, 2.05) is 19.1 Å². The summed E-state index contributed by atoms with van der Waals surface area (Å²) in [6.45, 7) is 7.03.